The van der Waals surface area contributed by atoms with Crippen molar-refractivity contribution in [1.29, 1.82) is 0 Å². The second kappa shape index (κ2) is 16.3. The predicted molar refractivity (Wildman–Crippen MR) is 238 cm³/mol. The molecule has 6 saturated carbocycles. The number of aliphatic hydroxyl groups is 4. The van der Waals surface area contributed by atoms with E-state index in [1.54, 1.807) is 6.08 Å². The first-order valence-electron chi connectivity index (χ1n) is 24.1. The van der Waals surface area contributed by atoms with Crippen molar-refractivity contribution >= 4 is 0 Å². The average Bonchev–Trinajstić information content (AvgIpc) is 3.48. The molecular formula is C52H94O5. The zero-order valence-electron chi connectivity index (χ0n) is 39.8. The van der Waals surface area contributed by atoms with Gasteiger partial charge in [-0.1, -0.05) is 87.7 Å². The fourth-order valence-corrected chi connectivity index (χ4v) is 17.0. The van der Waals surface area contributed by atoms with E-state index in [0.717, 1.165) is 57.0 Å². The van der Waals surface area contributed by atoms with Gasteiger partial charge in [0, 0.05) is 13.2 Å². The first kappa shape index (κ1) is 47.6. The molecular weight excluding hydrogens is 705 g/mol. The molecule has 5 nitrogen and oxygen atoms in total. The molecule has 332 valence electrons. The van der Waals surface area contributed by atoms with Gasteiger partial charge in [0.1, 0.15) is 0 Å². The first-order valence-corrected chi connectivity index (χ1v) is 24.1. The molecule has 7 aliphatic rings. The van der Waals surface area contributed by atoms with Crippen LogP contribution in [0, 0.1) is 68.0 Å². The Balaban J connectivity index is 0.000000165. The zero-order chi connectivity index (χ0) is 42.7. The van der Waals surface area contributed by atoms with E-state index in [1.165, 1.54) is 77.0 Å². The third kappa shape index (κ3) is 9.06. The highest BCUT2D eigenvalue weighted by Crippen LogP contribution is 2.66. The van der Waals surface area contributed by atoms with Crippen molar-refractivity contribution in [3.8, 4) is 0 Å². The van der Waals surface area contributed by atoms with Crippen LogP contribution in [0.4, 0.5) is 0 Å². The maximum atomic E-state index is 11.1. The van der Waals surface area contributed by atoms with Crippen molar-refractivity contribution in [2.75, 3.05) is 13.2 Å². The third-order valence-corrected chi connectivity index (χ3v) is 19.9. The van der Waals surface area contributed by atoms with Gasteiger partial charge in [0.15, 0.2) is 0 Å². The van der Waals surface area contributed by atoms with E-state index < -0.39 is 16.8 Å². The molecule has 0 radical (unpaired) electrons. The van der Waals surface area contributed by atoms with Crippen LogP contribution in [-0.2, 0) is 4.74 Å². The largest absolute Gasteiger partial charge is 0.396 e. The fraction of sp³-hybridized carbons (Fsp3) is 0.962. The Labute approximate surface area is 352 Å². The van der Waals surface area contributed by atoms with Crippen LogP contribution in [-0.4, -0.2) is 56.0 Å². The molecule has 4 N–H and O–H groups in total. The van der Waals surface area contributed by atoms with E-state index in [0.29, 0.717) is 39.9 Å². The molecule has 5 heteroatoms. The van der Waals surface area contributed by atoms with Crippen molar-refractivity contribution in [1.82, 2.24) is 0 Å². The number of aliphatic hydroxyl groups excluding tert-OH is 1. The molecule has 7 fully saturated rings. The number of rotatable bonds is 6. The van der Waals surface area contributed by atoms with Gasteiger partial charge >= 0.3 is 0 Å². The molecule has 57 heavy (non-hydrogen) atoms. The average molecular weight is 799 g/mol. The number of ether oxygens (including phenoxy) is 1. The van der Waals surface area contributed by atoms with E-state index in [4.69, 9.17) is 4.74 Å². The van der Waals surface area contributed by atoms with Gasteiger partial charge in [0.25, 0.3) is 0 Å². The predicted octanol–water partition coefficient (Wildman–Crippen LogP) is 12.5. The van der Waals surface area contributed by atoms with Crippen LogP contribution in [0.1, 0.15) is 212 Å². The molecule has 7 rings (SSSR count). The van der Waals surface area contributed by atoms with Crippen molar-refractivity contribution < 1.29 is 25.2 Å². The second-order valence-electron chi connectivity index (χ2n) is 25.3. The summed E-state index contributed by atoms with van der Waals surface area (Å²) in [5.41, 5.74) is 0.397. The quantitative estimate of drug-likeness (QED) is 0.201. The van der Waals surface area contributed by atoms with E-state index in [-0.39, 0.29) is 34.9 Å². The van der Waals surface area contributed by atoms with Gasteiger partial charge < -0.3 is 25.2 Å². The summed E-state index contributed by atoms with van der Waals surface area (Å²) in [6, 6.07) is 0. The van der Waals surface area contributed by atoms with Crippen LogP contribution in [0.2, 0.25) is 0 Å². The molecule has 0 bridgehead atoms. The highest BCUT2D eigenvalue weighted by atomic mass is 16.5. The number of hydrogen-bond acceptors (Lipinski definition) is 5. The van der Waals surface area contributed by atoms with Crippen LogP contribution in [0.5, 0.6) is 0 Å². The minimum Gasteiger partial charge on any atom is -0.396 e. The van der Waals surface area contributed by atoms with Gasteiger partial charge in [0.05, 0.1) is 22.4 Å². The lowest BCUT2D eigenvalue weighted by molar-refractivity contribution is -0.172. The summed E-state index contributed by atoms with van der Waals surface area (Å²) in [5.74, 6) is 3.60. The molecule has 0 aromatic carbocycles. The molecule has 3 unspecified atom stereocenters. The van der Waals surface area contributed by atoms with Crippen LogP contribution in [0.15, 0.2) is 12.7 Å². The molecule has 1 heterocycles. The van der Waals surface area contributed by atoms with Gasteiger partial charge in [-0.05, 0) is 198 Å². The number of hydrogen-bond donors (Lipinski definition) is 4. The Kier molecular flexibility index (Phi) is 13.6. The van der Waals surface area contributed by atoms with Gasteiger partial charge in [-0.15, -0.1) is 6.58 Å². The minimum atomic E-state index is -0.830. The molecule has 0 aromatic rings. The van der Waals surface area contributed by atoms with Crippen LogP contribution in [0.3, 0.4) is 0 Å². The maximum absolute atomic E-state index is 11.1. The van der Waals surface area contributed by atoms with Crippen LogP contribution < -0.4 is 0 Å². The Morgan fingerprint density at radius 2 is 0.965 bits per heavy atom. The summed E-state index contributed by atoms with van der Waals surface area (Å²) in [5, 5.41) is 41.5. The summed E-state index contributed by atoms with van der Waals surface area (Å²) in [7, 11) is 0. The summed E-state index contributed by atoms with van der Waals surface area (Å²) in [6.45, 7) is 35.1. The molecule has 0 spiro atoms. The molecule has 0 aromatic heterocycles. The first-order chi connectivity index (χ1) is 26.1. The second-order valence-corrected chi connectivity index (χ2v) is 25.3. The van der Waals surface area contributed by atoms with Crippen molar-refractivity contribution in [2.24, 2.45) is 68.0 Å². The van der Waals surface area contributed by atoms with E-state index in [2.05, 4.69) is 75.8 Å². The summed E-state index contributed by atoms with van der Waals surface area (Å²) >= 11 is 0. The molecule has 0 amide bonds. The Morgan fingerprint density at radius 1 is 0.561 bits per heavy atom. The zero-order valence-corrected chi connectivity index (χ0v) is 39.8. The Hall–Kier alpha value is -0.460. The summed E-state index contributed by atoms with van der Waals surface area (Å²) < 4.78 is 6.13. The van der Waals surface area contributed by atoms with Gasteiger partial charge in [-0.25, -0.2) is 0 Å². The fourth-order valence-electron chi connectivity index (χ4n) is 17.0. The van der Waals surface area contributed by atoms with Crippen LogP contribution in [0.25, 0.3) is 0 Å². The smallest absolute Gasteiger partial charge is 0.0797 e. The summed E-state index contributed by atoms with van der Waals surface area (Å²) in [4.78, 5) is 0. The van der Waals surface area contributed by atoms with Crippen molar-refractivity contribution in [3.05, 3.63) is 12.7 Å². The highest BCUT2D eigenvalue weighted by Gasteiger charge is 2.61. The van der Waals surface area contributed by atoms with E-state index in [9.17, 15) is 20.4 Å². The Morgan fingerprint density at radius 3 is 1.40 bits per heavy atom. The summed E-state index contributed by atoms with van der Waals surface area (Å²) in [6.07, 6.45) is 23.8. The molecule has 6 aliphatic carbocycles. The normalized spacial score (nSPS) is 47.8. The third-order valence-electron chi connectivity index (χ3n) is 19.9. The van der Waals surface area contributed by atoms with E-state index >= 15 is 0 Å². The van der Waals surface area contributed by atoms with Gasteiger partial charge in [-0.3, -0.25) is 0 Å². The monoisotopic (exact) mass is 799 g/mol. The van der Waals surface area contributed by atoms with Crippen molar-refractivity contribution in [2.45, 2.75) is 234 Å². The topological polar surface area (TPSA) is 90.2 Å². The minimum absolute atomic E-state index is 0.181. The SMILES string of the molecule is C=C[C@](C)(O)CC[C@@H]1[C@@]2(C)CCCC(C)(C)C2CC[C@@]1(C)O.CC1(C)CCC[C@@]2(C)C1CC[C@@](C)(O)[C@@H]2CCO.CC1(C)CCC[C@@]2(C)C1CC[C@@]1(C)OCC[C@@H]12. The van der Waals surface area contributed by atoms with Crippen LogP contribution >= 0.6 is 0 Å². The van der Waals surface area contributed by atoms with E-state index in [1.807, 2.05) is 20.8 Å². The highest BCUT2D eigenvalue weighted by molar-refractivity contribution is 5.11. The lowest BCUT2D eigenvalue weighted by atomic mass is 9.45. The Bertz CT molecular complexity index is 1370. The lowest BCUT2D eigenvalue weighted by Gasteiger charge is -2.61. The van der Waals surface area contributed by atoms with Crippen molar-refractivity contribution in [3.63, 3.8) is 0 Å². The molecule has 1 aliphatic heterocycles. The molecule has 13 atom stereocenters. The van der Waals surface area contributed by atoms with Gasteiger partial charge in [0.2, 0.25) is 0 Å². The maximum Gasteiger partial charge on any atom is 0.0797 e. The standard InChI is InChI=1S/C20H36O2.C16H30O2.C16H28O/c1-7-18(4,21)13-9-16-19(5)12-8-11-17(2,3)15(19)10-14-20(16,6)22;1-14(2)8-5-9-15(3)12(14)6-10-16(4,18)13(15)7-11-17;1-14(2)8-5-9-15(3)12(14)6-10-16(4)13(15)7-11-17-16/h7,15-16,21-22H,1,8-14H2,2-6H3;12-13,17-18H,5-11H2,1-4H3;12-13H,5-11H2,1-4H3/t15?,16-,18+,19+,20-;2*12?,13-,15+,16-/m111/s1. The lowest BCUT2D eigenvalue weighted by Crippen LogP contribution is -2.57. The molecule has 1 saturated heterocycles. The van der Waals surface area contributed by atoms with Gasteiger partial charge in [-0.2, -0.15) is 0 Å². The number of fused-ring (bicyclic) bond motifs is 5.